The first kappa shape index (κ1) is 51.0. The van der Waals surface area contributed by atoms with Gasteiger partial charge in [0.1, 0.15) is 11.6 Å². The number of para-hydroxylation sites is 4. The second-order valence-corrected chi connectivity index (χ2v) is 23.4. The summed E-state index contributed by atoms with van der Waals surface area (Å²) in [5.74, 6) is 0. The van der Waals surface area contributed by atoms with Crippen molar-refractivity contribution in [2.45, 2.75) is 0 Å². The molecule has 0 atom stereocenters. The second-order valence-electron chi connectivity index (χ2n) is 23.4. The van der Waals surface area contributed by atoms with Gasteiger partial charge in [-0.1, -0.05) is 273 Å². The van der Waals surface area contributed by atoms with Crippen LogP contribution in [0.15, 0.2) is 322 Å². The Labute approximate surface area is 519 Å². The Hall–Kier alpha value is -12.2. The van der Waals surface area contributed by atoms with Crippen LogP contribution in [0.3, 0.4) is 0 Å². The molecule has 0 radical (unpaired) electrons. The number of fused-ring (bicyclic) bond motifs is 12. The van der Waals surface area contributed by atoms with Crippen LogP contribution in [0.25, 0.3) is 166 Å². The van der Waals surface area contributed by atoms with Gasteiger partial charge in [0.15, 0.2) is 0 Å². The molecule has 90 heavy (non-hydrogen) atoms. The van der Waals surface area contributed by atoms with Crippen molar-refractivity contribution in [3.8, 4) is 84.5 Å². The Bertz CT molecular complexity index is 5300. The molecule has 0 aliphatic rings. The molecule has 0 aliphatic heterocycles. The molecule has 0 unspecified atom stereocenters. The SMILES string of the molecule is N#Cc1c(-n2c3ccccc3c3ccccc32)c(-n2c3cc(-c4ccccc4)ccc3c3ccc(-c4ccccc4)cc32)c(-c2ccccc2)c(-n2c3cc(-c4ccccc4)ccc3c3ccc(-c4ccccc4)cc32)c1-n1c2ccccc2c2ccccc21. The average molecular weight is 1140 g/mol. The quantitative estimate of drug-likeness (QED) is 0.142. The lowest BCUT2D eigenvalue weighted by Crippen LogP contribution is -2.16. The van der Waals surface area contributed by atoms with Crippen molar-refractivity contribution in [1.82, 2.24) is 18.3 Å². The van der Waals surface area contributed by atoms with Gasteiger partial charge >= 0.3 is 0 Å². The third kappa shape index (κ3) is 7.75. The molecule has 18 aromatic rings. The Morgan fingerprint density at radius 2 is 0.411 bits per heavy atom. The van der Waals surface area contributed by atoms with E-state index in [1.54, 1.807) is 0 Å². The summed E-state index contributed by atoms with van der Waals surface area (Å²) in [6.45, 7) is 0. The minimum absolute atomic E-state index is 0.513. The van der Waals surface area contributed by atoms with Crippen LogP contribution in [0.2, 0.25) is 0 Å². The van der Waals surface area contributed by atoms with Crippen LogP contribution >= 0.6 is 0 Å². The molecule has 0 saturated heterocycles. The van der Waals surface area contributed by atoms with E-state index in [0.29, 0.717) is 5.56 Å². The standard InChI is InChI=1S/C85H53N5/c86-54-72-82(87-73-38-20-16-34-64(73)65-35-17-21-39-74(65)87)84(89-77-50-60(55-24-6-1-7-25-55)42-46-68(77)69-47-43-61(51-78(69)89)56-26-8-2-9-27-56)81(59-32-14-5-15-33-59)85(83(72)88-75-40-22-18-36-66(75)67-37-19-23-41-76(67)88)90-79-52-62(57-28-10-3-11-29-57)44-48-70(79)71-49-45-63(53-80(71)90)58-30-12-4-13-31-58/h1-53H. The summed E-state index contributed by atoms with van der Waals surface area (Å²) in [6.07, 6.45) is 0. The number of benzene rings is 14. The number of nitrogens with zero attached hydrogens (tertiary/aromatic N) is 5. The fourth-order valence-corrected chi connectivity index (χ4v) is 14.6. The molecule has 0 fully saturated rings. The van der Waals surface area contributed by atoms with Crippen LogP contribution in [-0.4, -0.2) is 18.3 Å². The Kier molecular flexibility index (Phi) is 11.6. The number of rotatable bonds is 9. The van der Waals surface area contributed by atoms with E-state index in [1.807, 2.05) is 0 Å². The van der Waals surface area contributed by atoms with Gasteiger partial charge in [0.25, 0.3) is 0 Å². The molecule has 418 valence electrons. The Balaban J connectivity index is 1.16. The van der Waals surface area contributed by atoms with E-state index in [2.05, 4.69) is 346 Å². The molecule has 0 amide bonds. The third-order valence-electron chi connectivity index (χ3n) is 18.6. The average Bonchev–Trinajstić information content (AvgIpc) is 1.42. The van der Waals surface area contributed by atoms with Crippen molar-refractivity contribution in [2.75, 3.05) is 0 Å². The molecule has 0 saturated carbocycles. The highest BCUT2D eigenvalue weighted by Crippen LogP contribution is 2.53. The van der Waals surface area contributed by atoms with Gasteiger partial charge in [-0.15, -0.1) is 0 Å². The maximum atomic E-state index is 13.3. The van der Waals surface area contributed by atoms with Crippen LogP contribution < -0.4 is 0 Å². The van der Waals surface area contributed by atoms with Crippen molar-refractivity contribution in [1.29, 1.82) is 5.26 Å². The number of hydrogen-bond donors (Lipinski definition) is 0. The van der Waals surface area contributed by atoms with E-state index in [4.69, 9.17) is 0 Å². The fraction of sp³-hybridized carbons (Fsp3) is 0. The molecule has 4 aromatic heterocycles. The van der Waals surface area contributed by atoms with Gasteiger partial charge in [-0.25, -0.2) is 0 Å². The molecular formula is C85H53N5. The molecule has 14 aromatic carbocycles. The van der Waals surface area contributed by atoms with Crippen LogP contribution in [-0.2, 0) is 0 Å². The van der Waals surface area contributed by atoms with Crippen molar-refractivity contribution in [3.05, 3.63) is 327 Å². The van der Waals surface area contributed by atoms with Gasteiger partial charge in [0.05, 0.1) is 66.9 Å². The monoisotopic (exact) mass is 1140 g/mol. The molecule has 18 rings (SSSR count). The van der Waals surface area contributed by atoms with E-state index < -0.39 is 0 Å². The van der Waals surface area contributed by atoms with Gasteiger partial charge < -0.3 is 18.3 Å². The summed E-state index contributed by atoms with van der Waals surface area (Å²) in [6, 6.07) is 120. The summed E-state index contributed by atoms with van der Waals surface area (Å²) < 4.78 is 9.89. The summed E-state index contributed by atoms with van der Waals surface area (Å²) in [4.78, 5) is 0. The highest BCUT2D eigenvalue weighted by molar-refractivity contribution is 6.18. The predicted octanol–water partition coefficient (Wildman–Crippen LogP) is 22.3. The summed E-state index contributed by atoms with van der Waals surface area (Å²) in [7, 11) is 0. The topological polar surface area (TPSA) is 43.5 Å². The van der Waals surface area contributed by atoms with E-state index in [-0.39, 0.29) is 0 Å². The summed E-state index contributed by atoms with van der Waals surface area (Å²) in [5, 5.41) is 22.1. The van der Waals surface area contributed by atoms with Gasteiger partial charge in [-0.2, -0.15) is 5.26 Å². The van der Waals surface area contributed by atoms with Gasteiger partial charge in [0, 0.05) is 48.7 Å². The maximum Gasteiger partial charge on any atom is 0.104 e. The molecule has 0 spiro atoms. The maximum absolute atomic E-state index is 13.3. The minimum Gasteiger partial charge on any atom is -0.306 e. The Morgan fingerprint density at radius 3 is 0.678 bits per heavy atom. The van der Waals surface area contributed by atoms with Crippen LogP contribution in [0.1, 0.15) is 5.56 Å². The van der Waals surface area contributed by atoms with E-state index in [9.17, 15) is 5.26 Å². The normalized spacial score (nSPS) is 11.8. The van der Waals surface area contributed by atoms with E-state index in [0.717, 1.165) is 166 Å². The van der Waals surface area contributed by atoms with Crippen molar-refractivity contribution in [2.24, 2.45) is 0 Å². The minimum atomic E-state index is 0.513. The van der Waals surface area contributed by atoms with Crippen LogP contribution in [0.4, 0.5) is 0 Å². The molecule has 5 heteroatoms. The third-order valence-corrected chi connectivity index (χ3v) is 18.6. The zero-order chi connectivity index (χ0) is 59.4. The first-order valence-electron chi connectivity index (χ1n) is 30.7. The van der Waals surface area contributed by atoms with Crippen molar-refractivity contribution in [3.63, 3.8) is 0 Å². The zero-order valence-electron chi connectivity index (χ0n) is 48.8. The zero-order valence-corrected chi connectivity index (χ0v) is 48.8. The van der Waals surface area contributed by atoms with Crippen molar-refractivity contribution >= 4 is 87.2 Å². The molecule has 0 aliphatic carbocycles. The number of aromatic nitrogens is 4. The second kappa shape index (κ2) is 20.5. The summed E-state index contributed by atoms with van der Waals surface area (Å²) >= 11 is 0. The van der Waals surface area contributed by atoms with E-state index in [1.165, 1.54) is 0 Å². The molecule has 0 bridgehead atoms. The van der Waals surface area contributed by atoms with Crippen LogP contribution in [0.5, 0.6) is 0 Å². The smallest absolute Gasteiger partial charge is 0.104 e. The molecule has 4 heterocycles. The van der Waals surface area contributed by atoms with Crippen molar-refractivity contribution < 1.29 is 0 Å². The van der Waals surface area contributed by atoms with Gasteiger partial charge in [-0.3, -0.25) is 0 Å². The first-order valence-corrected chi connectivity index (χ1v) is 30.7. The highest BCUT2D eigenvalue weighted by Gasteiger charge is 2.35. The van der Waals surface area contributed by atoms with E-state index >= 15 is 0 Å². The molecule has 5 nitrogen and oxygen atoms in total. The number of hydrogen-bond acceptors (Lipinski definition) is 1. The van der Waals surface area contributed by atoms with Gasteiger partial charge in [-0.05, 0) is 98.6 Å². The predicted molar refractivity (Wildman–Crippen MR) is 376 cm³/mol. The van der Waals surface area contributed by atoms with Gasteiger partial charge in [0.2, 0.25) is 0 Å². The molecular weight excluding hydrogens is 1090 g/mol. The lowest BCUT2D eigenvalue weighted by atomic mass is 9.93. The summed E-state index contributed by atoms with van der Waals surface area (Å²) in [5.41, 5.74) is 22.5. The lowest BCUT2D eigenvalue weighted by Gasteiger charge is -2.29. The Morgan fingerprint density at radius 1 is 0.189 bits per heavy atom. The number of nitriles is 1. The lowest BCUT2D eigenvalue weighted by molar-refractivity contribution is 1.04. The fourth-order valence-electron chi connectivity index (χ4n) is 14.6. The van der Waals surface area contributed by atoms with Crippen LogP contribution in [0, 0.1) is 11.3 Å². The first-order chi connectivity index (χ1) is 44.7. The largest absolute Gasteiger partial charge is 0.306 e. The highest BCUT2D eigenvalue weighted by atomic mass is 15.1. The molecule has 0 N–H and O–H groups in total.